The van der Waals surface area contributed by atoms with E-state index in [1.165, 1.54) is 42.5 Å². The summed E-state index contributed by atoms with van der Waals surface area (Å²) in [6.07, 6.45) is 0. The normalized spacial score (nSPS) is 15.8. The van der Waals surface area contributed by atoms with Crippen molar-refractivity contribution < 1.29 is 32.3 Å². The van der Waals surface area contributed by atoms with Gasteiger partial charge in [0.05, 0.1) is 26.5 Å². The first kappa shape index (κ1) is 19.8. The second-order valence-electron chi connectivity index (χ2n) is 7.18. The highest BCUT2D eigenvalue weighted by Crippen LogP contribution is 2.35. The minimum absolute atomic E-state index is 0.0411. The summed E-state index contributed by atoms with van der Waals surface area (Å²) in [4.78, 5) is 50.4. The lowest BCUT2D eigenvalue weighted by molar-refractivity contribution is 0.0227. The number of ether oxygens (including phenoxy) is 1. The molecule has 5 rings (SSSR count). The first-order chi connectivity index (χ1) is 15.3. The van der Waals surface area contributed by atoms with Gasteiger partial charge in [-0.05, 0) is 42.5 Å². The van der Waals surface area contributed by atoms with E-state index in [2.05, 4.69) is 0 Å². The van der Waals surface area contributed by atoms with Crippen molar-refractivity contribution in [3.8, 4) is 0 Å². The Morgan fingerprint density at radius 3 is 1.97 bits per heavy atom. The Morgan fingerprint density at radius 1 is 0.750 bits per heavy atom. The van der Waals surface area contributed by atoms with Crippen molar-refractivity contribution in [2.24, 2.45) is 0 Å². The predicted molar refractivity (Wildman–Crippen MR) is 109 cm³/mol. The van der Waals surface area contributed by atoms with Crippen LogP contribution < -0.4 is 0 Å². The molecular weight excluding hydrogens is 434 g/mol. The molecule has 2 amide bonds. The Bertz CT molecular complexity index is 1440. The molecule has 8 nitrogen and oxygen atoms in total. The average molecular weight is 447 g/mol. The Labute approximate surface area is 182 Å². The summed E-state index contributed by atoms with van der Waals surface area (Å²) in [6.45, 7) is -0.628. The number of ketones is 1. The summed E-state index contributed by atoms with van der Waals surface area (Å²) >= 11 is 0. The van der Waals surface area contributed by atoms with E-state index >= 15 is 0 Å². The lowest BCUT2D eigenvalue weighted by Gasteiger charge is -2.19. The Hall–Kier alpha value is -4.11. The standard InChI is InChI=1S/C23H13NO7S/c25-20-16-7-3-4-8-18(16)32(29,30)19-11-13(9-10-17(19)20)23(28)31-12-24-21(26)14-5-1-2-6-15(14)22(24)27/h1-11H,12H2. The van der Waals surface area contributed by atoms with Crippen LogP contribution in [0.5, 0.6) is 0 Å². The molecule has 0 N–H and O–H groups in total. The van der Waals surface area contributed by atoms with Crippen LogP contribution in [-0.4, -0.2) is 43.6 Å². The molecule has 0 atom stereocenters. The second-order valence-corrected chi connectivity index (χ2v) is 9.07. The van der Waals surface area contributed by atoms with Crippen LogP contribution in [-0.2, 0) is 14.6 Å². The summed E-state index contributed by atoms with van der Waals surface area (Å²) in [5.74, 6) is -2.58. The summed E-state index contributed by atoms with van der Waals surface area (Å²) in [5.41, 5.74) is 0.328. The van der Waals surface area contributed by atoms with Gasteiger partial charge in [0.1, 0.15) is 0 Å². The summed E-state index contributed by atoms with van der Waals surface area (Å²) < 4.78 is 31.1. The molecule has 32 heavy (non-hydrogen) atoms. The summed E-state index contributed by atoms with van der Waals surface area (Å²) in [6, 6.07) is 15.7. The number of hydrogen-bond donors (Lipinski definition) is 0. The molecular formula is C23H13NO7S. The minimum atomic E-state index is -4.02. The summed E-state index contributed by atoms with van der Waals surface area (Å²) in [5, 5.41) is 0. The molecule has 0 spiro atoms. The van der Waals surface area contributed by atoms with Crippen molar-refractivity contribution in [1.29, 1.82) is 0 Å². The molecule has 158 valence electrons. The third-order valence-electron chi connectivity index (χ3n) is 5.38. The van der Waals surface area contributed by atoms with Gasteiger partial charge in [-0.2, -0.15) is 0 Å². The third kappa shape index (κ3) is 2.78. The van der Waals surface area contributed by atoms with Gasteiger partial charge in [0, 0.05) is 11.1 Å². The average Bonchev–Trinajstić information content (AvgIpc) is 3.05. The molecule has 3 aromatic carbocycles. The van der Waals surface area contributed by atoms with E-state index in [4.69, 9.17) is 4.74 Å². The molecule has 0 aromatic heterocycles. The number of carbonyl (C=O) groups excluding carboxylic acids is 4. The topological polar surface area (TPSA) is 115 Å². The number of benzene rings is 3. The smallest absolute Gasteiger partial charge is 0.339 e. The van der Waals surface area contributed by atoms with Crippen molar-refractivity contribution in [3.05, 3.63) is 94.5 Å². The molecule has 0 unspecified atom stereocenters. The van der Waals surface area contributed by atoms with Crippen molar-refractivity contribution in [1.82, 2.24) is 4.90 Å². The largest absolute Gasteiger partial charge is 0.440 e. The second kappa shape index (κ2) is 6.96. The number of esters is 1. The van der Waals surface area contributed by atoms with Crippen molar-refractivity contribution >= 4 is 33.4 Å². The van der Waals surface area contributed by atoms with Gasteiger partial charge in [-0.1, -0.05) is 24.3 Å². The fraction of sp³-hybridized carbons (Fsp3) is 0.0435. The molecule has 9 heteroatoms. The van der Waals surface area contributed by atoms with E-state index < -0.39 is 40.1 Å². The van der Waals surface area contributed by atoms with Crippen molar-refractivity contribution in [3.63, 3.8) is 0 Å². The molecule has 2 heterocycles. The Kier molecular flexibility index (Phi) is 4.31. The Morgan fingerprint density at radius 2 is 1.31 bits per heavy atom. The van der Waals surface area contributed by atoms with Crippen LogP contribution in [0.25, 0.3) is 0 Å². The number of rotatable bonds is 3. The lowest BCUT2D eigenvalue weighted by atomic mass is 10.0. The number of nitrogens with zero attached hydrogens (tertiary/aromatic N) is 1. The number of amides is 2. The van der Waals surface area contributed by atoms with E-state index in [0.717, 1.165) is 11.0 Å². The van der Waals surface area contributed by atoms with Crippen molar-refractivity contribution in [2.45, 2.75) is 9.79 Å². The zero-order valence-electron chi connectivity index (χ0n) is 16.3. The highest BCUT2D eigenvalue weighted by Gasteiger charge is 2.37. The maximum Gasteiger partial charge on any atom is 0.339 e. The molecule has 2 aliphatic rings. The fourth-order valence-corrected chi connectivity index (χ4v) is 5.45. The molecule has 3 aromatic rings. The van der Waals surface area contributed by atoms with Crippen LogP contribution in [0, 0.1) is 0 Å². The molecule has 0 saturated carbocycles. The van der Waals surface area contributed by atoms with Crippen LogP contribution in [0.2, 0.25) is 0 Å². The van der Waals surface area contributed by atoms with E-state index in [9.17, 15) is 27.6 Å². The van der Waals surface area contributed by atoms with E-state index in [0.29, 0.717) is 0 Å². The van der Waals surface area contributed by atoms with Crippen LogP contribution in [0.1, 0.15) is 47.0 Å². The van der Waals surface area contributed by atoms with E-state index in [1.54, 1.807) is 18.2 Å². The van der Waals surface area contributed by atoms with Gasteiger partial charge in [0.25, 0.3) is 11.8 Å². The first-order valence-electron chi connectivity index (χ1n) is 9.46. The number of fused-ring (bicyclic) bond motifs is 3. The zero-order chi connectivity index (χ0) is 22.6. The monoisotopic (exact) mass is 447 g/mol. The number of imide groups is 1. The number of carbonyl (C=O) groups is 4. The SMILES string of the molecule is O=C(OCN1C(=O)c2ccccc2C1=O)c1ccc2c(c1)S(=O)(=O)c1ccccc1C2=O. The molecule has 0 saturated heterocycles. The van der Waals surface area contributed by atoms with Gasteiger partial charge in [-0.25, -0.2) is 18.1 Å². The van der Waals surface area contributed by atoms with Gasteiger partial charge >= 0.3 is 5.97 Å². The third-order valence-corrected chi connectivity index (χ3v) is 7.23. The van der Waals surface area contributed by atoms with Crippen LogP contribution in [0.15, 0.2) is 76.5 Å². The van der Waals surface area contributed by atoms with Gasteiger partial charge in [0.15, 0.2) is 12.5 Å². The molecule has 0 fully saturated rings. The minimum Gasteiger partial charge on any atom is -0.440 e. The first-order valence-corrected chi connectivity index (χ1v) is 10.9. The van der Waals surface area contributed by atoms with Crippen LogP contribution >= 0.6 is 0 Å². The number of hydrogen-bond acceptors (Lipinski definition) is 7. The predicted octanol–water partition coefficient (Wildman–Crippen LogP) is 2.47. The van der Waals surface area contributed by atoms with Crippen LogP contribution in [0.3, 0.4) is 0 Å². The maximum atomic E-state index is 13.0. The lowest BCUT2D eigenvalue weighted by Crippen LogP contribution is -2.33. The maximum absolute atomic E-state index is 13.0. The highest BCUT2D eigenvalue weighted by atomic mass is 32.2. The molecule has 0 bridgehead atoms. The van der Waals surface area contributed by atoms with Gasteiger partial charge < -0.3 is 4.74 Å². The van der Waals surface area contributed by atoms with Gasteiger partial charge in [-0.15, -0.1) is 0 Å². The zero-order valence-corrected chi connectivity index (χ0v) is 17.1. The quantitative estimate of drug-likeness (QED) is 0.350. The molecule has 0 aliphatic carbocycles. The molecule has 2 aliphatic heterocycles. The van der Waals surface area contributed by atoms with E-state index in [1.807, 2.05) is 0 Å². The highest BCUT2D eigenvalue weighted by molar-refractivity contribution is 7.91. The van der Waals surface area contributed by atoms with Crippen LogP contribution in [0.4, 0.5) is 0 Å². The number of sulfone groups is 1. The van der Waals surface area contributed by atoms with Gasteiger partial charge in [-0.3, -0.25) is 14.4 Å². The Balaban J connectivity index is 1.41. The van der Waals surface area contributed by atoms with Gasteiger partial charge in [0.2, 0.25) is 9.84 Å². The fourth-order valence-electron chi connectivity index (χ4n) is 3.77. The molecule has 0 radical (unpaired) electrons. The van der Waals surface area contributed by atoms with Crippen molar-refractivity contribution in [2.75, 3.05) is 6.73 Å². The van der Waals surface area contributed by atoms with E-state index in [-0.39, 0.29) is 37.6 Å². The summed E-state index contributed by atoms with van der Waals surface area (Å²) in [7, 11) is -4.02.